The number of hydrogen-bond acceptors (Lipinski definition) is 14. The first kappa shape index (κ1) is 52.0. The van der Waals surface area contributed by atoms with Gasteiger partial charge in [-0.2, -0.15) is 18.2 Å². The third-order valence-electron chi connectivity index (χ3n) is 15.3. The molecule has 17 nitrogen and oxygen atoms in total. The topological polar surface area (TPSA) is 181 Å². The lowest BCUT2D eigenvalue weighted by atomic mass is 9.95. The summed E-state index contributed by atoms with van der Waals surface area (Å²) < 4.78 is 48.0. The van der Waals surface area contributed by atoms with Gasteiger partial charge in [-0.3, -0.25) is 19.1 Å². The van der Waals surface area contributed by atoms with Crippen molar-refractivity contribution in [3.05, 3.63) is 108 Å². The van der Waals surface area contributed by atoms with Crippen LogP contribution in [0.2, 0.25) is 0 Å². The minimum atomic E-state index is -4.68. The molecule has 1 atom stereocenters. The van der Waals surface area contributed by atoms with Crippen LogP contribution in [-0.2, 0) is 13.0 Å². The van der Waals surface area contributed by atoms with Crippen LogP contribution in [0.4, 0.5) is 47.7 Å². The number of alkyl halides is 3. The number of aromatic hydroxyl groups is 2. The highest BCUT2D eigenvalue weighted by atomic mass is 19.4. The van der Waals surface area contributed by atoms with E-state index in [2.05, 4.69) is 47.2 Å². The average Bonchev–Trinajstić information content (AvgIpc) is 4.15. The Morgan fingerprint density at radius 3 is 2.25 bits per heavy atom. The van der Waals surface area contributed by atoms with Crippen LogP contribution in [0, 0.1) is 5.92 Å². The molecule has 0 spiro atoms. The lowest BCUT2D eigenvalue weighted by Gasteiger charge is -2.39. The molecule has 4 aliphatic rings. The number of ether oxygens (including phenoxy) is 1. The van der Waals surface area contributed by atoms with E-state index in [-0.39, 0.29) is 40.7 Å². The monoisotopic (exact) mass is 1040 g/mol. The van der Waals surface area contributed by atoms with Gasteiger partial charge in [-0.05, 0) is 105 Å². The molecule has 5 heterocycles. The number of piperazine rings is 1. The van der Waals surface area contributed by atoms with E-state index in [1.165, 1.54) is 16.7 Å². The Morgan fingerprint density at radius 2 is 1.54 bits per heavy atom. The normalized spacial score (nSPS) is 17.4. The van der Waals surface area contributed by atoms with Gasteiger partial charge < -0.3 is 45.2 Å². The second-order valence-corrected chi connectivity index (χ2v) is 20.3. The van der Waals surface area contributed by atoms with E-state index < -0.39 is 18.1 Å². The molecule has 1 aliphatic carbocycles. The van der Waals surface area contributed by atoms with Crippen molar-refractivity contribution in [3.8, 4) is 34.3 Å². The van der Waals surface area contributed by atoms with E-state index in [9.17, 15) is 33.0 Å². The van der Waals surface area contributed by atoms with Crippen molar-refractivity contribution in [3.63, 3.8) is 0 Å². The van der Waals surface area contributed by atoms with E-state index in [0.717, 1.165) is 120 Å². The van der Waals surface area contributed by atoms with Crippen LogP contribution in [0.25, 0.3) is 17.1 Å². The maximum absolute atomic E-state index is 13.7. The number of nitrogens with zero attached hydrogens (tertiary/aromatic N) is 10. The number of aryl methyl sites for hydroxylation is 1. The molecule has 1 unspecified atom stereocenters. The SMILES string of the molecule is CCOc1cc(N2CCC(CN3CCN(Cc4ccc(-n5c(C(=O)NC(C)C(F)(F)F)nnc5-c5cc(CC)c(O)cc5O)cc4)CC3)CC2)ccc1Nc1ncc2c(n1)N(C1CCCC1)c1ccccc1C(=O)N2C. The first-order valence-electron chi connectivity index (χ1n) is 26.4. The minimum absolute atomic E-state index is 0.0332. The van der Waals surface area contributed by atoms with E-state index in [1.807, 2.05) is 61.6 Å². The number of piperidine rings is 1. The number of hydrogen-bond donors (Lipinski definition) is 4. The molecule has 76 heavy (non-hydrogen) atoms. The van der Waals surface area contributed by atoms with Crippen molar-refractivity contribution in [2.75, 3.05) is 79.5 Å². The second-order valence-electron chi connectivity index (χ2n) is 20.3. The zero-order valence-corrected chi connectivity index (χ0v) is 43.4. The molecule has 20 heteroatoms. The van der Waals surface area contributed by atoms with Crippen LogP contribution < -0.4 is 30.1 Å². The van der Waals surface area contributed by atoms with Gasteiger partial charge in [-0.1, -0.05) is 44.0 Å². The largest absolute Gasteiger partial charge is 0.508 e. The zero-order chi connectivity index (χ0) is 53.3. The molecule has 3 aliphatic heterocycles. The van der Waals surface area contributed by atoms with Gasteiger partial charge in [-0.25, -0.2) is 4.98 Å². The van der Waals surface area contributed by atoms with E-state index in [4.69, 9.17) is 14.7 Å². The van der Waals surface area contributed by atoms with Crippen molar-refractivity contribution in [1.82, 2.24) is 39.8 Å². The Labute approximate surface area is 440 Å². The number of carbonyl (C=O) groups excluding carboxylic acids is 2. The summed E-state index contributed by atoms with van der Waals surface area (Å²) in [6, 6.07) is 22.2. The van der Waals surface area contributed by atoms with Crippen LogP contribution in [0.5, 0.6) is 17.2 Å². The maximum Gasteiger partial charge on any atom is 0.408 e. The number of phenols is 2. The van der Waals surface area contributed by atoms with E-state index >= 15 is 0 Å². The fourth-order valence-corrected chi connectivity index (χ4v) is 11.0. The molecule has 6 aromatic rings. The molecule has 10 rings (SSSR count). The number of benzene rings is 4. The highest BCUT2D eigenvalue weighted by molar-refractivity contribution is 6.13. The van der Waals surface area contributed by atoms with E-state index in [1.54, 1.807) is 30.3 Å². The number of rotatable bonds is 15. The van der Waals surface area contributed by atoms with Gasteiger partial charge in [0.2, 0.25) is 11.8 Å². The number of halogens is 3. The third-order valence-corrected chi connectivity index (χ3v) is 15.3. The molecule has 4 N–H and O–H groups in total. The Balaban J connectivity index is 0.748. The van der Waals surface area contributed by atoms with Gasteiger partial charge in [0.15, 0.2) is 11.6 Å². The zero-order valence-electron chi connectivity index (χ0n) is 43.4. The van der Waals surface area contributed by atoms with Crippen molar-refractivity contribution >= 4 is 46.3 Å². The molecule has 2 amide bonds. The van der Waals surface area contributed by atoms with E-state index in [0.29, 0.717) is 59.8 Å². The quantitative estimate of drug-likeness (QED) is 0.0764. The average molecular weight is 1040 g/mol. The van der Waals surface area contributed by atoms with Gasteiger partial charge in [-0.15, -0.1) is 10.2 Å². The molecule has 4 aromatic carbocycles. The van der Waals surface area contributed by atoms with Gasteiger partial charge in [0.25, 0.3) is 11.8 Å². The molecular formula is C56H65F3N12O5. The van der Waals surface area contributed by atoms with Crippen LogP contribution in [-0.4, -0.2) is 134 Å². The van der Waals surface area contributed by atoms with Crippen molar-refractivity contribution in [1.29, 1.82) is 0 Å². The second kappa shape index (κ2) is 22.0. The summed E-state index contributed by atoms with van der Waals surface area (Å²) in [4.78, 5) is 48.1. The van der Waals surface area contributed by atoms with Gasteiger partial charge in [0.05, 0.1) is 35.3 Å². The summed E-state index contributed by atoms with van der Waals surface area (Å²) >= 11 is 0. The summed E-state index contributed by atoms with van der Waals surface area (Å²) in [7, 11) is 1.79. The van der Waals surface area contributed by atoms with Gasteiger partial charge >= 0.3 is 6.18 Å². The van der Waals surface area contributed by atoms with Crippen LogP contribution in [0.15, 0.2) is 85.1 Å². The number of fused-ring (bicyclic) bond motifs is 2. The number of anilines is 6. The number of carbonyl (C=O) groups is 2. The maximum atomic E-state index is 13.7. The Bertz CT molecular complexity index is 3060. The fraction of sp³-hybridized carbons (Fsp3) is 0.429. The lowest BCUT2D eigenvalue weighted by Crippen LogP contribution is -2.48. The highest BCUT2D eigenvalue weighted by Gasteiger charge is 2.39. The molecular weight excluding hydrogens is 978 g/mol. The predicted molar refractivity (Wildman–Crippen MR) is 286 cm³/mol. The summed E-state index contributed by atoms with van der Waals surface area (Å²) in [5.41, 5.74) is 6.17. The molecule has 3 fully saturated rings. The summed E-state index contributed by atoms with van der Waals surface area (Å²) in [5, 5.41) is 34.8. The summed E-state index contributed by atoms with van der Waals surface area (Å²) in [6.07, 6.45) is 3.95. The molecule has 1 saturated carbocycles. The number of aromatic nitrogens is 5. The Hall–Kier alpha value is -7.45. The van der Waals surface area contributed by atoms with Crippen LogP contribution in [0.1, 0.15) is 91.4 Å². The first-order chi connectivity index (χ1) is 36.7. The number of para-hydroxylation sites is 1. The Morgan fingerprint density at radius 1 is 0.829 bits per heavy atom. The summed E-state index contributed by atoms with van der Waals surface area (Å²) in [6.45, 7) is 12.4. The van der Waals surface area contributed by atoms with Crippen molar-refractivity contribution in [2.24, 2.45) is 5.92 Å². The van der Waals surface area contributed by atoms with Crippen molar-refractivity contribution in [2.45, 2.75) is 90.5 Å². The highest BCUT2D eigenvalue weighted by Crippen LogP contribution is 2.44. The number of phenolic OH excluding ortho intramolecular Hbond substituents is 2. The molecule has 0 radical (unpaired) electrons. The van der Waals surface area contributed by atoms with Crippen molar-refractivity contribution < 1.29 is 37.7 Å². The minimum Gasteiger partial charge on any atom is -0.508 e. The number of amides is 2. The van der Waals surface area contributed by atoms with Gasteiger partial charge in [0.1, 0.15) is 29.0 Å². The Kier molecular flexibility index (Phi) is 15.1. The first-order valence-corrected chi connectivity index (χ1v) is 26.4. The van der Waals surface area contributed by atoms with Crippen LogP contribution in [0.3, 0.4) is 0 Å². The van der Waals surface area contributed by atoms with Gasteiger partial charge in [0, 0.05) is 89.0 Å². The molecule has 2 aromatic heterocycles. The van der Waals surface area contributed by atoms with Crippen LogP contribution >= 0.6 is 0 Å². The predicted octanol–water partition coefficient (Wildman–Crippen LogP) is 9.23. The molecule has 400 valence electrons. The smallest absolute Gasteiger partial charge is 0.408 e. The molecule has 2 saturated heterocycles. The number of nitrogens with one attached hydrogen (secondary N) is 2. The summed E-state index contributed by atoms with van der Waals surface area (Å²) in [5.74, 6) is 0.473. The molecule has 0 bridgehead atoms. The lowest BCUT2D eigenvalue weighted by molar-refractivity contribution is -0.149. The fourth-order valence-electron chi connectivity index (χ4n) is 11.0. The standard InChI is InChI=1S/C56H65F3N12O5/c1-5-38-29-43(48(73)31-47(38)72)50-64-65-52(53(74)61-35(3)56(57,58)59)71(50)40-17-15-36(16-18-40)33-67-25-27-68(28-26-67)34-37-21-23-69(24-22-37)41-19-20-44(49(30-41)76-6-2)62-55-60-32-46-51(63-55)70(39-11-7-8-12-39)45-14-10-9-13-42(45)54(75)66(46)4/h9-10,13-20,29-32,35,37,39,72-73H,5-8,11-12,21-28,33-34H2,1-4H3,(H,61,74)(H,60,62,63). The third kappa shape index (κ3) is 10.8.